The molecule has 0 fully saturated rings. The number of nitrogens with zero attached hydrogens (tertiary/aromatic N) is 1. The molecule has 0 aliphatic rings. The molecule has 0 spiro atoms. The van der Waals surface area contributed by atoms with E-state index < -0.39 is 0 Å². The van der Waals surface area contributed by atoms with Gasteiger partial charge in [0.2, 0.25) is 5.78 Å². The minimum absolute atomic E-state index is 0.0753. The largest absolute Gasteiger partial charge is 0.355 e. The number of H-pyrrole nitrogens is 1. The number of aromatic amines is 1. The molecule has 150 valence electrons. The van der Waals surface area contributed by atoms with Gasteiger partial charge in [0, 0.05) is 33.9 Å². The standard InChI is InChI=1S/C24H22N4O2/c1-15(2)25-24(30)16-11-13-17(14-12-16)26-20-9-5-4-8-19(20)23(29)22-18-7-3-6-10-21(18)27-28-22/h3-15,26H,1-2H3,(H,25,30)(H,27,28). The number of carbonyl (C=O) groups excluding carboxylic acids is 2. The number of para-hydroxylation sites is 2. The van der Waals surface area contributed by atoms with Crippen LogP contribution in [0.2, 0.25) is 0 Å². The summed E-state index contributed by atoms with van der Waals surface area (Å²) in [6.45, 7) is 3.84. The summed E-state index contributed by atoms with van der Waals surface area (Å²) in [4.78, 5) is 25.3. The van der Waals surface area contributed by atoms with Crippen LogP contribution in [-0.2, 0) is 0 Å². The van der Waals surface area contributed by atoms with Crippen LogP contribution in [0.5, 0.6) is 0 Å². The van der Waals surface area contributed by atoms with Gasteiger partial charge in [-0.3, -0.25) is 14.7 Å². The second kappa shape index (κ2) is 8.21. The number of hydrogen-bond donors (Lipinski definition) is 3. The van der Waals surface area contributed by atoms with Crippen molar-refractivity contribution in [3.63, 3.8) is 0 Å². The summed E-state index contributed by atoms with van der Waals surface area (Å²) in [7, 11) is 0. The minimum Gasteiger partial charge on any atom is -0.355 e. The molecular formula is C24H22N4O2. The Labute approximate surface area is 174 Å². The number of hydrogen-bond acceptors (Lipinski definition) is 4. The van der Waals surface area contributed by atoms with Crippen molar-refractivity contribution < 1.29 is 9.59 Å². The molecule has 1 amide bonds. The average molecular weight is 398 g/mol. The molecule has 0 aliphatic carbocycles. The molecule has 30 heavy (non-hydrogen) atoms. The van der Waals surface area contributed by atoms with Crippen molar-refractivity contribution in [2.75, 3.05) is 5.32 Å². The molecule has 0 radical (unpaired) electrons. The second-order valence-electron chi connectivity index (χ2n) is 7.32. The zero-order valence-electron chi connectivity index (χ0n) is 16.8. The van der Waals surface area contributed by atoms with Crippen LogP contribution >= 0.6 is 0 Å². The highest BCUT2D eigenvalue weighted by Crippen LogP contribution is 2.25. The molecule has 0 unspecified atom stereocenters. The van der Waals surface area contributed by atoms with Crippen molar-refractivity contribution in [1.82, 2.24) is 15.5 Å². The highest BCUT2D eigenvalue weighted by molar-refractivity contribution is 6.17. The van der Waals surface area contributed by atoms with Gasteiger partial charge in [-0.2, -0.15) is 5.10 Å². The Hall–Kier alpha value is -3.93. The summed E-state index contributed by atoms with van der Waals surface area (Å²) >= 11 is 0. The van der Waals surface area contributed by atoms with Crippen LogP contribution in [0.1, 0.15) is 40.3 Å². The molecule has 0 saturated heterocycles. The Morgan fingerprint density at radius 2 is 1.60 bits per heavy atom. The van der Waals surface area contributed by atoms with E-state index in [0.29, 0.717) is 22.5 Å². The molecule has 1 heterocycles. The van der Waals surface area contributed by atoms with E-state index in [1.165, 1.54) is 0 Å². The van der Waals surface area contributed by atoms with Gasteiger partial charge in [-0.25, -0.2) is 0 Å². The molecule has 3 aromatic carbocycles. The number of aromatic nitrogens is 2. The summed E-state index contributed by atoms with van der Waals surface area (Å²) < 4.78 is 0. The third kappa shape index (κ3) is 3.93. The number of rotatable bonds is 6. The van der Waals surface area contributed by atoms with Gasteiger partial charge in [0.25, 0.3) is 5.91 Å². The Morgan fingerprint density at radius 1 is 0.900 bits per heavy atom. The van der Waals surface area contributed by atoms with Crippen LogP contribution in [0.4, 0.5) is 11.4 Å². The van der Waals surface area contributed by atoms with Crippen molar-refractivity contribution in [3.8, 4) is 0 Å². The number of anilines is 2. The first kappa shape index (κ1) is 19.4. The molecule has 0 bridgehead atoms. The zero-order valence-corrected chi connectivity index (χ0v) is 16.8. The zero-order chi connectivity index (χ0) is 21.1. The Morgan fingerprint density at radius 3 is 2.37 bits per heavy atom. The molecule has 6 nitrogen and oxygen atoms in total. The molecule has 1 aromatic heterocycles. The lowest BCUT2D eigenvalue weighted by Crippen LogP contribution is -2.29. The number of amides is 1. The van der Waals surface area contributed by atoms with E-state index in [2.05, 4.69) is 20.8 Å². The van der Waals surface area contributed by atoms with Gasteiger partial charge < -0.3 is 10.6 Å². The fourth-order valence-corrected chi connectivity index (χ4v) is 3.26. The molecular weight excluding hydrogens is 376 g/mol. The predicted molar refractivity (Wildman–Crippen MR) is 118 cm³/mol. The van der Waals surface area contributed by atoms with Crippen molar-refractivity contribution in [3.05, 3.63) is 89.6 Å². The highest BCUT2D eigenvalue weighted by atomic mass is 16.1. The minimum atomic E-state index is -0.163. The van der Waals surface area contributed by atoms with Crippen LogP contribution in [-0.4, -0.2) is 27.9 Å². The summed E-state index contributed by atoms with van der Waals surface area (Å²) in [6, 6.07) is 22.1. The number of fused-ring (bicyclic) bond motifs is 1. The molecule has 0 aliphatic heterocycles. The lowest BCUT2D eigenvalue weighted by Gasteiger charge is -2.12. The molecule has 0 atom stereocenters. The first-order valence-electron chi connectivity index (χ1n) is 9.77. The fourth-order valence-electron chi connectivity index (χ4n) is 3.26. The maximum atomic E-state index is 13.2. The van der Waals surface area contributed by atoms with E-state index in [0.717, 1.165) is 16.6 Å². The van der Waals surface area contributed by atoms with E-state index in [9.17, 15) is 9.59 Å². The maximum absolute atomic E-state index is 13.2. The summed E-state index contributed by atoms with van der Waals surface area (Å²) in [5, 5.41) is 14.1. The van der Waals surface area contributed by atoms with Gasteiger partial charge in [0.15, 0.2) is 0 Å². The molecule has 4 rings (SSSR count). The van der Waals surface area contributed by atoms with Crippen LogP contribution in [0, 0.1) is 0 Å². The summed E-state index contributed by atoms with van der Waals surface area (Å²) in [6.07, 6.45) is 0. The smallest absolute Gasteiger partial charge is 0.251 e. The van der Waals surface area contributed by atoms with Gasteiger partial charge in [-0.1, -0.05) is 30.3 Å². The molecule has 4 aromatic rings. The second-order valence-corrected chi connectivity index (χ2v) is 7.32. The maximum Gasteiger partial charge on any atom is 0.251 e. The van der Waals surface area contributed by atoms with Crippen molar-refractivity contribution >= 4 is 34.0 Å². The van der Waals surface area contributed by atoms with E-state index >= 15 is 0 Å². The van der Waals surface area contributed by atoms with E-state index in [1.54, 1.807) is 18.2 Å². The predicted octanol–water partition coefficient (Wildman–Crippen LogP) is 4.68. The van der Waals surface area contributed by atoms with Crippen LogP contribution < -0.4 is 10.6 Å². The van der Waals surface area contributed by atoms with E-state index in [4.69, 9.17) is 0 Å². The third-order valence-electron chi connectivity index (χ3n) is 4.70. The Kier molecular flexibility index (Phi) is 5.30. The number of ketones is 1. The van der Waals surface area contributed by atoms with E-state index in [1.807, 2.05) is 68.4 Å². The number of carbonyl (C=O) groups is 2. The first-order chi connectivity index (χ1) is 14.5. The monoisotopic (exact) mass is 398 g/mol. The van der Waals surface area contributed by atoms with Crippen molar-refractivity contribution in [2.45, 2.75) is 19.9 Å². The number of benzene rings is 3. The van der Waals surface area contributed by atoms with Crippen molar-refractivity contribution in [1.29, 1.82) is 0 Å². The van der Waals surface area contributed by atoms with Crippen LogP contribution in [0.25, 0.3) is 10.9 Å². The van der Waals surface area contributed by atoms with Gasteiger partial charge in [-0.15, -0.1) is 0 Å². The Balaban J connectivity index is 1.59. The summed E-state index contributed by atoms with van der Waals surface area (Å²) in [5.74, 6) is -0.277. The Bertz CT molecular complexity index is 1210. The lowest BCUT2D eigenvalue weighted by atomic mass is 10.0. The van der Waals surface area contributed by atoms with Gasteiger partial charge in [0.1, 0.15) is 5.69 Å². The highest BCUT2D eigenvalue weighted by Gasteiger charge is 2.19. The lowest BCUT2D eigenvalue weighted by molar-refractivity contribution is 0.0942. The third-order valence-corrected chi connectivity index (χ3v) is 4.70. The average Bonchev–Trinajstić information content (AvgIpc) is 3.18. The van der Waals surface area contributed by atoms with Crippen LogP contribution in [0.15, 0.2) is 72.8 Å². The summed E-state index contributed by atoms with van der Waals surface area (Å²) in [5.41, 5.74) is 3.78. The van der Waals surface area contributed by atoms with Crippen LogP contribution in [0.3, 0.4) is 0 Å². The SMILES string of the molecule is CC(C)NC(=O)c1ccc(Nc2ccccc2C(=O)c2n[nH]c3ccccc23)cc1. The topological polar surface area (TPSA) is 86.9 Å². The van der Waals surface area contributed by atoms with Gasteiger partial charge >= 0.3 is 0 Å². The van der Waals surface area contributed by atoms with Crippen molar-refractivity contribution in [2.24, 2.45) is 0 Å². The quantitative estimate of drug-likeness (QED) is 0.412. The van der Waals surface area contributed by atoms with Gasteiger partial charge in [-0.05, 0) is 56.3 Å². The van der Waals surface area contributed by atoms with E-state index in [-0.39, 0.29) is 17.7 Å². The van der Waals surface area contributed by atoms with Gasteiger partial charge in [0.05, 0.1) is 5.52 Å². The first-order valence-corrected chi connectivity index (χ1v) is 9.77. The fraction of sp³-hybridized carbons (Fsp3) is 0.125. The molecule has 6 heteroatoms. The number of nitrogens with one attached hydrogen (secondary N) is 3. The normalized spacial score (nSPS) is 10.9. The molecule has 3 N–H and O–H groups in total. The molecule has 0 saturated carbocycles.